The van der Waals surface area contributed by atoms with Crippen molar-refractivity contribution in [3.05, 3.63) is 83.9 Å². The predicted octanol–water partition coefficient (Wildman–Crippen LogP) is 6.26. The van der Waals surface area contributed by atoms with Gasteiger partial charge in [-0.3, -0.25) is 9.36 Å². The normalized spacial score (nSPS) is 13.1. The van der Waals surface area contributed by atoms with E-state index in [0.717, 1.165) is 22.2 Å². The summed E-state index contributed by atoms with van der Waals surface area (Å²) < 4.78 is 47.6. The Balaban J connectivity index is 1.50. The average molecular weight is 560 g/mol. The molecule has 11 heteroatoms. The van der Waals surface area contributed by atoms with Crippen molar-refractivity contribution < 1.29 is 18.3 Å². The molecule has 0 bridgehead atoms. The molecule has 41 heavy (non-hydrogen) atoms. The molecule has 4 heterocycles. The first-order valence-electron chi connectivity index (χ1n) is 13.2. The van der Waals surface area contributed by atoms with Crippen LogP contribution in [0.15, 0.2) is 67.0 Å². The fourth-order valence-corrected chi connectivity index (χ4v) is 5.42. The number of aromatic nitrogens is 7. The van der Waals surface area contributed by atoms with Gasteiger partial charge in [0, 0.05) is 54.1 Å². The van der Waals surface area contributed by atoms with Gasteiger partial charge in [-0.2, -0.15) is 23.4 Å². The number of aliphatic hydroxyl groups is 1. The molecule has 0 aliphatic carbocycles. The van der Waals surface area contributed by atoms with E-state index in [1.807, 2.05) is 68.6 Å². The summed E-state index contributed by atoms with van der Waals surface area (Å²) in [6, 6.07) is 16.4. The largest absolute Gasteiger partial charge is 0.434 e. The van der Waals surface area contributed by atoms with Crippen LogP contribution in [-0.4, -0.2) is 39.2 Å². The maximum Gasteiger partial charge on any atom is 0.434 e. The summed E-state index contributed by atoms with van der Waals surface area (Å²) in [5.41, 5.74) is 2.47. The second-order valence-electron chi connectivity index (χ2n) is 10.5. The van der Waals surface area contributed by atoms with E-state index >= 15 is 0 Å². The molecule has 1 atom stereocenters. The van der Waals surface area contributed by atoms with Crippen LogP contribution in [0.2, 0.25) is 0 Å². The molecule has 0 fully saturated rings. The zero-order valence-corrected chi connectivity index (χ0v) is 22.9. The SMILES string of the molecule is CC(C)c1c(-c2cccc3nn(C[C@H](O)c4ccccc4)cc23)nc(-c2cc3cn(C)nc3nc2C(F)(F)F)n1C. The van der Waals surface area contributed by atoms with Gasteiger partial charge in [0.1, 0.15) is 5.82 Å². The number of rotatable bonds is 6. The predicted molar refractivity (Wildman–Crippen MR) is 150 cm³/mol. The van der Waals surface area contributed by atoms with Crippen LogP contribution in [0.4, 0.5) is 13.2 Å². The summed E-state index contributed by atoms with van der Waals surface area (Å²) in [7, 11) is 3.37. The number of hydrogen-bond acceptors (Lipinski definition) is 5. The van der Waals surface area contributed by atoms with Crippen molar-refractivity contribution in [1.29, 1.82) is 0 Å². The molecule has 0 saturated heterocycles. The maximum absolute atomic E-state index is 14.3. The van der Waals surface area contributed by atoms with Crippen LogP contribution in [0.25, 0.3) is 44.6 Å². The molecule has 0 amide bonds. The Hall–Kier alpha value is -4.51. The highest BCUT2D eigenvalue weighted by Gasteiger charge is 2.38. The lowest BCUT2D eigenvalue weighted by molar-refractivity contribution is -0.140. The third-order valence-electron chi connectivity index (χ3n) is 7.20. The molecule has 210 valence electrons. The zero-order chi connectivity index (χ0) is 29.1. The lowest BCUT2D eigenvalue weighted by Gasteiger charge is -2.13. The van der Waals surface area contributed by atoms with Crippen molar-refractivity contribution >= 4 is 21.9 Å². The van der Waals surface area contributed by atoms with Crippen LogP contribution in [0.3, 0.4) is 0 Å². The molecule has 6 aromatic rings. The van der Waals surface area contributed by atoms with Gasteiger partial charge < -0.3 is 9.67 Å². The number of aliphatic hydroxyl groups excluding tert-OH is 1. The Morgan fingerprint density at radius 1 is 0.902 bits per heavy atom. The van der Waals surface area contributed by atoms with E-state index in [0.29, 0.717) is 16.6 Å². The second-order valence-corrected chi connectivity index (χ2v) is 10.5. The highest BCUT2D eigenvalue weighted by atomic mass is 19.4. The Morgan fingerprint density at radius 3 is 2.37 bits per heavy atom. The van der Waals surface area contributed by atoms with Gasteiger partial charge in [0.2, 0.25) is 0 Å². The fraction of sp³-hybridized carbons (Fsp3) is 0.267. The van der Waals surface area contributed by atoms with Gasteiger partial charge in [-0.25, -0.2) is 9.97 Å². The third kappa shape index (κ3) is 4.76. The Bertz CT molecular complexity index is 1880. The Morgan fingerprint density at radius 2 is 1.66 bits per heavy atom. The van der Waals surface area contributed by atoms with E-state index < -0.39 is 18.0 Å². The standard InChI is InChI=1S/C30H28F3N7O/c1-17(2)26-25(20-11-8-12-23-22(20)15-40(36-23)16-24(41)18-9-6-5-7-10-18)34-29(39(26)4)21-13-19-14-38(3)37-28(19)35-27(21)30(31,32)33/h5-15,17,24,41H,16H2,1-4H3/t24-/m0/s1. The fourth-order valence-electron chi connectivity index (χ4n) is 5.42. The molecule has 4 aromatic heterocycles. The quantitative estimate of drug-likeness (QED) is 0.260. The topological polar surface area (TPSA) is 86.6 Å². The number of pyridine rings is 1. The van der Waals surface area contributed by atoms with E-state index in [-0.39, 0.29) is 29.5 Å². The third-order valence-corrected chi connectivity index (χ3v) is 7.20. The van der Waals surface area contributed by atoms with E-state index in [2.05, 4.69) is 15.2 Å². The van der Waals surface area contributed by atoms with Gasteiger partial charge in [0.25, 0.3) is 0 Å². The first kappa shape index (κ1) is 26.7. The van der Waals surface area contributed by atoms with Crippen LogP contribution < -0.4 is 0 Å². The second kappa shape index (κ2) is 9.84. The summed E-state index contributed by atoms with van der Waals surface area (Å²) in [6.07, 6.45) is -1.97. The summed E-state index contributed by atoms with van der Waals surface area (Å²) in [4.78, 5) is 8.74. The van der Waals surface area contributed by atoms with Crippen molar-refractivity contribution in [3.63, 3.8) is 0 Å². The van der Waals surface area contributed by atoms with E-state index in [4.69, 9.17) is 4.98 Å². The van der Waals surface area contributed by atoms with Crippen LogP contribution in [-0.2, 0) is 26.8 Å². The van der Waals surface area contributed by atoms with Gasteiger partial charge >= 0.3 is 6.18 Å². The smallest absolute Gasteiger partial charge is 0.386 e. The summed E-state index contributed by atoms with van der Waals surface area (Å²) in [6.45, 7) is 4.21. The van der Waals surface area contributed by atoms with Crippen molar-refractivity contribution in [3.8, 4) is 22.6 Å². The molecule has 0 radical (unpaired) electrons. The van der Waals surface area contributed by atoms with Crippen molar-refractivity contribution in [1.82, 2.24) is 34.1 Å². The summed E-state index contributed by atoms with van der Waals surface area (Å²) >= 11 is 0. The van der Waals surface area contributed by atoms with Crippen LogP contribution in [0, 0.1) is 0 Å². The van der Waals surface area contributed by atoms with E-state index in [1.165, 1.54) is 10.7 Å². The minimum absolute atomic E-state index is 0.0250. The van der Waals surface area contributed by atoms with Crippen LogP contribution in [0.1, 0.15) is 42.8 Å². The molecule has 0 unspecified atom stereocenters. The molecule has 2 aromatic carbocycles. The molecular formula is C30H28F3N7O. The number of imidazole rings is 1. The van der Waals surface area contributed by atoms with Crippen LogP contribution in [0.5, 0.6) is 0 Å². The van der Waals surface area contributed by atoms with E-state index in [9.17, 15) is 18.3 Å². The van der Waals surface area contributed by atoms with Crippen LogP contribution >= 0.6 is 0 Å². The van der Waals surface area contributed by atoms with Crippen molar-refractivity contribution in [2.75, 3.05) is 0 Å². The van der Waals surface area contributed by atoms with E-state index in [1.54, 1.807) is 29.5 Å². The molecule has 0 aliphatic heterocycles. The molecule has 1 N–H and O–H groups in total. The number of alkyl halides is 3. The van der Waals surface area contributed by atoms with Gasteiger partial charge in [0.15, 0.2) is 11.3 Å². The molecule has 0 saturated carbocycles. The molecule has 0 aliphatic rings. The maximum atomic E-state index is 14.3. The average Bonchev–Trinajstić information content (AvgIpc) is 3.60. The number of nitrogens with zero attached hydrogens (tertiary/aromatic N) is 7. The molecular weight excluding hydrogens is 531 g/mol. The summed E-state index contributed by atoms with van der Waals surface area (Å²) in [5, 5.41) is 20.8. The molecule has 0 spiro atoms. The Labute approximate surface area is 233 Å². The lowest BCUT2D eigenvalue weighted by Crippen LogP contribution is -2.12. The van der Waals surface area contributed by atoms with Crippen molar-refractivity contribution in [2.45, 2.75) is 38.6 Å². The highest BCUT2D eigenvalue weighted by Crippen LogP contribution is 2.41. The van der Waals surface area contributed by atoms with Gasteiger partial charge in [0.05, 0.1) is 23.9 Å². The highest BCUT2D eigenvalue weighted by molar-refractivity contribution is 5.94. The van der Waals surface area contributed by atoms with Gasteiger partial charge in [-0.15, -0.1) is 0 Å². The number of halogens is 3. The minimum Gasteiger partial charge on any atom is -0.386 e. The molecule has 6 rings (SSSR count). The monoisotopic (exact) mass is 559 g/mol. The zero-order valence-electron chi connectivity index (χ0n) is 22.9. The van der Waals surface area contributed by atoms with Gasteiger partial charge in [-0.05, 0) is 23.6 Å². The Kier molecular flexibility index (Phi) is 6.41. The first-order chi connectivity index (χ1) is 19.5. The molecule has 8 nitrogen and oxygen atoms in total. The first-order valence-corrected chi connectivity index (χ1v) is 13.2. The number of fused-ring (bicyclic) bond motifs is 2. The van der Waals surface area contributed by atoms with Crippen molar-refractivity contribution in [2.24, 2.45) is 14.1 Å². The number of benzene rings is 2. The number of hydrogen-bond donors (Lipinski definition) is 1. The minimum atomic E-state index is -4.70. The van der Waals surface area contributed by atoms with Gasteiger partial charge in [-0.1, -0.05) is 56.3 Å². The number of aryl methyl sites for hydroxylation is 1. The summed E-state index contributed by atoms with van der Waals surface area (Å²) in [5.74, 6) is 0.115. The lowest BCUT2D eigenvalue weighted by atomic mass is 10.0.